The van der Waals surface area contributed by atoms with Crippen molar-refractivity contribution in [2.45, 2.75) is 62.3 Å². The van der Waals surface area contributed by atoms with E-state index in [1.807, 2.05) is 0 Å². The quantitative estimate of drug-likeness (QED) is 0.701. The second kappa shape index (κ2) is 6.87. The molecule has 0 saturated carbocycles. The fourth-order valence-electron chi connectivity index (χ4n) is 3.70. The van der Waals surface area contributed by atoms with Crippen LogP contribution in [-0.2, 0) is 41.2 Å². The number of fused-ring (bicyclic) bond motifs is 2. The lowest BCUT2D eigenvalue weighted by atomic mass is 10.1. The summed E-state index contributed by atoms with van der Waals surface area (Å²) in [6.07, 6.45) is 6.98. The molecule has 4 rings (SSSR count). The number of aliphatic hydroxyl groups is 1. The van der Waals surface area contributed by atoms with Gasteiger partial charge in [0.1, 0.15) is 0 Å². The third-order valence-electron chi connectivity index (χ3n) is 5.04. The molecular weight excluding hydrogens is 398 g/mol. The van der Waals surface area contributed by atoms with E-state index in [2.05, 4.69) is 14.7 Å². The number of rotatable bonds is 3. The fourth-order valence-corrected chi connectivity index (χ4v) is 5.79. The third kappa shape index (κ3) is 3.57. The van der Waals surface area contributed by atoms with Gasteiger partial charge in [0.25, 0.3) is 0 Å². The molecule has 0 saturated heterocycles. The smallest absolute Gasteiger partial charge is 0.354 e. The number of nitrogens with zero attached hydrogens (tertiary/aromatic N) is 3. The Labute approximate surface area is 167 Å². The summed E-state index contributed by atoms with van der Waals surface area (Å²) in [6, 6.07) is -0.748. The number of carbonyl (C=O) groups excluding carboxylic acids is 1. The maximum Gasteiger partial charge on any atom is 0.354 e. The van der Waals surface area contributed by atoms with Gasteiger partial charge in [-0.05, 0) is 63.5 Å². The van der Waals surface area contributed by atoms with Crippen LogP contribution in [-0.4, -0.2) is 25.3 Å². The molecule has 2 amide bonds. The molecule has 28 heavy (non-hydrogen) atoms. The molecule has 2 aliphatic rings. The highest BCUT2D eigenvalue weighted by atomic mass is 32.2. The van der Waals surface area contributed by atoms with Gasteiger partial charge in [-0.15, -0.1) is 15.7 Å². The molecule has 0 spiro atoms. The van der Waals surface area contributed by atoms with E-state index in [0.717, 1.165) is 78.1 Å². The molecule has 150 valence electrons. The van der Waals surface area contributed by atoms with Crippen molar-refractivity contribution in [3.63, 3.8) is 0 Å². The van der Waals surface area contributed by atoms with Crippen molar-refractivity contribution in [2.75, 3.05) is 5.32 Å². The number of anilines is 1. The van der Waals surface area contributed by atoms with Crippen LogP contribution in [0.4, 0.5) is 10.5 Å². The molecule has 10 heteroatoms. The molecule has 2 aromatic rings. The van der Waals surface area contributed by atoms with Gasteiger partial charge in [-0.2, -0.15) is 0 Å². The first-order valence-electron chi connectivity index (χ1n) is 9.23. The topological polar surface area (TPSA) is 131 Å². The molecule has 0 fully saturated rings. The van der Waals surface area contributed by atoms with Crippen LogP contribution < -0.4 is 10.5 Å². The van der Waals surface area contributed by atoms with E-state index in [1.165, 1.54) is 6.20 Å². The van der Waals surface area contributed by atoms with Crippen LogP contribution in [0.2, 0.25) is 0 Å². The van der Waals surface area contributed by atoms with Crippen LogP contribution in [0.1, 0.15) is 54.1 Å². The molecule has 1 atom stereocenters. The Morgan fingerprint density at radius 2 is 1.86 bits per heavy atom. The molecule has 2 heterocycles. The minimum absolute atomic E-state index is 0.0185. The first kappa shape index (κ1) is 19.4. The SMILES string of the molecule is CC(C)(O)c1cnc([S@@](N)(=O)=NC(=O)Nc2c3c(nc4c2CCC4)CCC3)s1. The number of thiazole rings is 1. The Balaban J connectivity index is 1.65. The molecule has 0 aliphatic heterocycles. The number of pyridine rings is 1. The van der Waals surface area contributed by atoms with E-state index >= 15 is 0 Å². The minimum atomic E-state index is -3.50. The zero-order valence-corrected chi connectivity index (χ0v) is 17.5. The lowest BCUT2D eigenvalue weighted by Crippen LogP contribution is -2.19. The number of amides is 2. The molecule has 0 radical (unpaired) electrons. The highest BCUT2D eigenvalue weighted by molar-refractivity contribution is 7.93. The van der Waals surface area contributed by atoms with Crippen molar-refractivity contribution in [2.24, 2.45) is 9.50 Å². The van der Waals surface area contributed by atoms with Gasteiger partial charge in [0.05, 0.1) is 16.2 Å². The maximum absolute atomic E-state index is 12.8. The average Bonchev–Trinajstić information content (AvgIpc) is 3.33. The van der Waals surface area contributed by atoms with Gasteiger partial charge in [0, 0.05) is 17.6 Å². The summed E-state index contributed by atoms with van der Waals surface area (Å²) in [7, 11) is -3.50. The van der Waals surface area contributed by atoms with E-state index < -0.39 is 21.5 Å². The van der Waals surface area contributed by atoms with Crippen LogP contribution in [0.15, 0.2) is 14.9 Å². The summed E-state index contributed by atoms with van der Waals surface area (Å²) in [5, 5.41) is 18.7. The Morgan fingerprint density at radius 3 is 2.39 bits per heavy atom. The monoisotopic (exact) mass is 421 g/mol. The predicted molar refractivity (Wildman–Crippen MR) is 108 cm³/mol. The molecule has 0 aromatic carbocycles. The Bertz CT molecular complexity index is 1050. The van der Waals surface area contributed by atoms with Gasteiger partial charge >= 0.3 is 6.03 Å². The summed E-state index contributed by atoms with van der Waals surface area (Å²) in [5.41, 5.74) is 3.84. The van der Waals surface area contributed by atoms with Gasteiger partial charge in [0.15, 0.2) is 9.92 Å². The Hall–Kier alpha value is -1.88. The van der Waals surface area contributed by atoms with Gasteiger partial charge in [-0.1, -0.05) is 0 Å². The van der Waals surface area contributed by atoms with E-state index in [4.69, 9.17) is 10.1 Å². The van der Waals surface area contributed by atoms with E-state index in [-0.39, 0.29) is 4.34 Å². The maximum atomic E-state index is 12.8. The van der Waals surface area contributed by atoms with E-state index in [9.17, 15) is 14.1 Å². The Morgan fingerprint density at radius 1 is 1.25 bits per heavy atom. The normalized spacial score (nSPS) is 17.7. The summed E-state index contributed by atoms with van der Waals surface area (Å²) in [4.78, 5) is 21.8. The number of nitrogens with one attached hydrogen (secondary N) is 1. The van der Waals surface area contributed by atoms with Crippen molar-refractivity contribution in [1.29, 1.82) is 0 Å². The van der Waals surface area contributed by atoms with Gasteiger partial charge < -0.3 is 10.4 Å². The van der Waals surface area contributed by atoms with Crippen LogP contribution in [0.3, 0.4) is 0 Å². The second-order valence-electron chi connectivity index (χ2n) is 7.68. The van der Waals surface area contributed by atoms with Crippen LogP contribution >= 0.6 is 11.3 Å². The number of hydrogen-bond donors (Lipinski definition) is 3. The second-order valence-corrected chi connectivity index (χ2v) is 10.7. The van der Waals surface area contributed by atoms with Crippen molar-refractivity contribution in [1.82, 2.24) is 9.97 Å². The molecule has 2 aromatic heterocycles. The number of aryl methyl sites for hydroxylation is 2. The van der Waals surface area contributed by atoms with Gasteiger partial charge in [-0.3, -0.25) is 4.98 Å². The highest BCUT2D eigenvalue weighted by Crippen LogP contribution is 2.36. The third-order valence-corrected chi connectivity index (χ3v) is 8.15. The summed E-state index contributed by atoms with van der Waals surface area (Å²) >= 11 is 0.990. The lowest BCUT2D eigenvalue weighted by Gasteiger charge is -2.14. The number of hydrogen-bond acceptors (Lipinski definition) is 6. The van der Waals surface area contributed by atoms with E-state index in [0.29, 0.717) is 4.88 Å². The average molecular weight is 422 g/mol. The molecule has 4 N–H and O–H groups in total. The number of aromatic nitrogens is 2. The fraction of sp³-hybridized carbons (Fsp3) is 0.500. The summed E-state index contributed by atoms with van der Waals surface area (Å²) in [6.45, 7) is 3.19. The van der Waals surface area contributed by atoms with E-state index in [1.54, 1.807) is 13.8 Å². The van der Waals surface area contributed by atoms with Crippen molar-refractivity contribution in [3.8, 4) is 0 Å². The largest absolute Gasteiger partial charge is 0.385 e. The standard InChI is InChI=1S/C18H23N5O3S2/c1-18(2,25)14-9-20-17(27-14)28(19,26)23-16(24)22-15-10-5-3-7-12(10)21-13-8-4-6-11(13)15/h9,25H,3-8H2,1-2H3,(H3,19,21,22,23,24,26)/t28-/m0/s1. The molecule has 2 aliphatic carbocycles. The summed E-state index contributed by atoms with van der Waals surface area (Å²) in [5.74, 6) is 0. The number of carbonyl (C=O) groups is 1. The van der Waals surface area contributed by atoms with Crippen molar-refractivity contribution >= 4 is 33.0 Å². The molecule has 0 unspecified atom stereocenters. The predicted octanol–water partition coefficient (Wildman–Crippen LogP) is 2.68. The van der Waals surface area contributed by atoms with Crippen LogP contribution in [0.25, 0.3) is 0 Å². The lowest BCUT2D eigenvalue weighted by molar-refractivity contribution is 0.0823. The number of urea groups is 1. The first-order valence-corrected chi connectivity index (χ1v) is 11.6. The highest BCUT2D eigenvalue weighted by Gasteiger charge is 2.27. The molecule has 8 nitrogen and oxygen atoms in total. The van der Waals surface area contributed by atoms with Gasteiger partial charge in [-0.25, -0.2) is 19.1 Å². The van der Waals surface area contributed by atoms with Crippen molar-refractivity contribution < 1.29 is 14.1 Å². The summed E-state index contributed by atoms with van der Waals surface area (Å²) < 4.78 is 16.5. The Kier molecular flexibility index (Phi) is 4.77. The zero-order chi connectivity index (χ0) is 20.1. The zero-order valence-electron chi connectivity index (χ0n) is 15.8. The van der Waals surface area contributed by atoms with Crippen LogP contribution in [0, 0.1) is 0 Å². The van der Waals surface area contributed by atoms with Crippen molar-refractivity contribution in [3.05, 3.63) is 33.6 Å². The van der Waals surface area contributed by atoms with Gasteiger partial charge in [0.2, 0.25) is 4.34 Å². The minimum Gasteiger partial charge on any atom is -0.385 e. The molecule has 0 bridgehead atoms. The number of nitrogens with two attached hydrogens (primary N) is 1. The van der Waals surface area contributed by atoms with Crippen LogP contribution in [0.5, 0.6) is 0 Å². The molecular formula is C18H23N5O3S2. The first-order chi connectivity index (χ1) is 13.1.